The van der Waals surface area contributed by atoms with Crippen LogP contribution in [0.4, 0.5) is 11.4 Å². The van der Waals surface area contributed by atoms with Crippen molar-refractivity contribution in [2.24, 2.45) is 0 Å². The van der Waals surface area contributed by atoms with Crippen molar-refractivity contribution in [1.82, 2.24) is 0 Å². The van der Waals surface area contributed by atoms with Crippen LogP contribution in [0.3, 0.4) is 0 Å². The number of nitro groups is 1. The Morgan fingerprint density at radius 3 is 2.21 bits per heavy atom. The highest BCUT2D eigenvalue weighted by molar-refractivity contribution is 6.09. The predicted octanol–water partition coefficient (Wildman–Crippen LogP) is 5.05. The molecule has 0 saturated heterocycles. The highest BCUT2D eigenvalue weighted by Crippen LogP contribution is 2.20. The Morgan fingerprint density at radius 2 is 1.52 bits per heavy atom. The third-order valence-electron chi connectivity index (χ3n) is 4.53. The molecule has 3 aromatic carbocycles. The summed E-state index contributed by atoms with van der Waals surface area (Å²) < 4.78 is 0. The van der Waals surface area contributed by atoms with E-state index in [-0.39, 0.29) is 17.0 Å². The first-order chi connectivity index (χ1) is 14.0. The molecule has 0 aliphatic carbocycles. The number of hydrogen-bond acceptors (Lipinski definition) is 4. The lowest BCUT2D eigenvalue weighted by atomic mass is 10.0. The average Bonchev–Trinajstić information content (AvgIpc) is 2.75. The zero-order valence-electron chi connectivity index (χ0n) is 15.7. The van der Waals surface area contributed by atoms with Crippen LogP contribution in [-0.4, -0.2) is 16.6 Å². The molecular weight excluding hydrogens is 368 g/mol. The SMILES string of the molecule is O=C(Nc1ccccc1C(=O)CCCc1ccccc1)c1ccc([N+](=O)[O-])cc1. The number of amides is 1. The fourth-order valence-electron chi connectivity index (χ4n) is 3.00. The fraction of sp³-hybridized carbons (Fsp3) is 0.130. The van der Waals surface area contributed by atoms with Crippen LogP contribution in [0.25, 0.3) is 0 Å². The minimum atomic E-state index is -0.523. The van der Waals surface area contributed by atoms with Gasteiger partial charge < -0.3 is 5.32 Å². The van der Waals surface area contributed by atoms with Gasteiger partial charge in [-0.3, -0.25) is 19.7 Å². The van der Waals surface area contributed by atoms with E-state index < -0.39 is 10.8 Å². The first-order valence-electron chi connectivity index (χ1n) is 9.26. The normalized spacial score (nSPS) is 10.3. The molecule has 0 saturated carbocycles. The molecule has 3 aromatic rings. The Labute approximate surface area is 168 Å². The summed E-state index contributed by atoms with van der Waals surface area (Å²) in [7, 11) is 0. The quantitative estimate of drug-likeness (QED) is 0.332. The molecule has 0 aromatic heterocycles. The number of rotatable bonds is 8. The minimum Gasteiger partial charge on any atom is -0.321 e. The highest BCUT2D eigenvalue weighted by Gasteiger charge is 2.15. The van der Waals surface area contributed by atoms with Crippen molar-refractivity contribution in [2.45, 2.75) is 19.3 Å². The number of hydrogen-bond donors (Lipinski definition) is 1. The number of nitrogens with one attached hydrogen (secondary N) is 1. The number of aryl methyl sites for hydroxylation is 1. The Morgan fingerprint density at radius 1 is 0.862 bits per heavy atom. The summed E-state index contributed by atoms with van der Waals surface area (Å²) in [5, 5.41) is 13.5. The van der Waals surface area contributed by atoms with Crippen molar-refractivity contribution < 1.29 is 14.5 Å². The van der Waals surface area contributed by atoms with E-state index >= 15 is 0 Å². The van der Waals surface area contributed by atoms with E-state index in [4.69, 9.17) is 0 Å². The van der Waals surface area contributed by atoms with E-state index in [9.17, 15) is 19.7 Å². The van der Waals surface area contributed by atoms with Gasteiger partial charge in [0.2, 0.25) is 0 Å². The molecule has 0 atom stereocenters. The second-order valence-corrected chi connectivity index (χ2v) is 6.57. The van der Waals surface area contributed by atoms with E-state index in [0.717, 1.165) is 6.42 Å². The smallest absolute Gasteiger partial charge is 0.269 e. The summed E-state index contributed by atoms with van der Waals surface area (Å²) in [5.74, 6) is -0.468. The Hall–Kier alpha value is -3.80. The fourth-order valence-corrected chi connectivity index (χ4v) is 3.00. The predicted molar refractivity (Wildman–Crippen MR) is 111 cm³/mol. The zero-order chi connectivity index (χ0) is 20.6. The number of nitrogens with zero attached hydrogens (tertiary/aromatic N) is 1. The van der Waals surface area contributed by atoms with Crippen LogP contribution in [0.15, 0.2) is 78.9 Å². The first-order valence-corrected chi connectivity index (χ1v) is 9.26. The number of anilines is 1. The third-order valence-corrected chi connectivity index (χ3v) is 4.53. The van der Waals surface area contributed by atoms with E-state index in [0.29, 0.717) is 24.1 Å². The summed E-state index contributed by atoms with van der Waals surface area (Å²) in [6.07, 6.45) is 1.90. The summed E-state index contributed by atoms with van der Waals surface area (Å²) in [6, 6.07) is 22.1. The second kappa shape index (κ2) is 9.41. The maximum absolute atomic E-state index is 12.7. The van der Waals surface area contributed by atoms with Crippen LogP contribution >= 0.6 is 0 Å². The Kier molecular flexibility index (Phi) is 6.47. The molecule has 0 unspecified atom stereocenters. The van der Waals surface area contributed by atoms with Gasteiger partial charge in [-0.05, 0) is 42.7 Å². The van der Waals surface area contributed by atoms with Crippen molar-refractivity contribution >= 4 is 23.1 Å². The van der Waals surface area contributed by atoms with Gasteiger partial charge in [0.25, 0.3) is 11.6 Å². The molecule has 6 nitrogen and oxygen atoms in total. The molecule has 0 spiro atoms. The maximum atomic E-state index is 12.7. The number of nitro benzene ring substituents is 1. The van der Waals surface area contributed by atoms with Crippen LogP contribution in [0.5, 0.6) is 0 Å². The Balaban J connectivity index is 1.65. The second-order valence-electron chi connectivity index (χ2n) is 6.57. The summed E-state index contributed by atoms with van der Waals surface area (Å²) >= 11 is 0. The number of ketones is 1. The molecule has 0 aliphatic rings. The number of non-ortho nitro benzene ring substituents is 1. The zero-order valence-corrected chi connectivity index (χ0v) is 15.7. The van der Waals surface area contributed by atoms with Gasteiger partial charge in [-0.25, -0.2) is 0 Å². The molecule has 1 N–H and O–H groups in total. The van der Waals surface area contributed by atoms with Gasteiger partial charge in [-0.15, -0.1) is 0 Å². The van der Waals surface area contributed by atoms with E-state index in [1.54, 1.807) is 24.3 Å². The molecular formula is C23H20N2O4. The van der Waals surface area contributed by atoms with E-state index in [1.165, 1.54) is 29.8 Å². The van der Waals surface area contributed by atoms with Gasteiger partial charge in [-0.1, -0.05) is 42.5 Å². The molecule has 0 heterocycles. The van der Waals surface area contributed by atoms with Gasteiger partial charge >= 0.3 is 0 Å². The molecule has 0 bridgehead atoms. The number of Topliss-reactive ketones (excluding diaryl/α,β-unsaturated/α-hetero) is 1. The molecule has 29 heavy (non-hydrogen) atoms. The van der Waals surface area contributed by atoms with Crippen LogP contribution in [0, 0.1) is 10.1 Å². The molecule has 1 amide bonds. The monoisotopic (exact) mass is 388 g/mol. The third kappa shape index (κ3) is 5.35. The number of carbonyl (C=O) groups excluding carboxylic acids is 2. The number of carbonyl (C=O) groups is 2. The molecule has 6 heteroatoms. The molecule has 0 radical (unpaired) electrons. The van der Waals surface area contributed by atoms with Gasteiger partial charge in [-0.2, -0.15) is 0 Å². The van der Waals surface area contributed by atoms with Gasteiger partial charge in [0.1, 0.15) is 0 Å². The topological polar surface area (TPSA) is 89.3 Å². The minimum absolute atomic E-state index is 0.0412. The van der Waals surface area contributed by atoms with Crippen molar-refractivity contribution in [2.75, 3.05) is 5.32 Å². The van der Waals surface area contributed by atoms with E-state index in [1.807, 2.05) is 30.3 Å². The van der Waals surface area contributed by atoms with Crippen molar-refractivity contribution in [3.05, 3.63) is 106 Å². The van der Waals surface area contributed by atoms with Crippen LogP contribution in [0.1, 0.15) is 39.1 Å². The maximum Gasteiger partial charge on any atom is 0.269 e. The average molecular weight is 388 g/mol. The lowest BCUT2D eigenvalue weighted by molar-refractivity contribution is -0.384. The highest BCUT2D eigenvalue weighted by atomic mass is 16.6. The first kappa shape index (κ1) is 19.9. The van der Waals surface area contributed by atoms with Crippen LogP contribution in [-0.2, 0) is 6.42 Å². The van der Waals surface area contributed by atoms with Crippen molar-refractivity contribution in [3.63, 3.8) is 0 Å². The lowest BCUT2D eigenvalue weighted by Crippen LogP contribution is -2.15. The van der Waals surface area contributed by atoms with Crippen LogP contribution in [0.2, 0.25) is 0 Å². The summed E-state index contributed by atoms with van der Waals surface area (Å²) in [5.41, 5.74) is 2.26. The van der Waals surface area contributed by atoms with E-state index in [2.05, 4.69) is 5.32 Å². The lowest BCUT2D eigenvalue weighted by Gasteiger charge is -2.10. The molecule has 0 fully saturated rings. The van der Waals surface area contributed by atoms with Gasteiger partial charge in [0.15, 0.2) is 5.78 Å². The van der Waals surface area contributed by atoms with Crippen LogP contribution < -0.4 is 5.32 Å². The van der Waals surface area contributed by atoms with Crippen molar-refractivity contribution in [3.8, 4) is 0 Å². The Bertz CT molecular complexity index is 1010. The summed E-state index contributed by atoms with van der Waals surface area (Å²) in [6.45, 7) is 0. The van der Waals surface area contributed by atoms with Gasteiger partial charge in [0.05, 0.1) is 10.6 Å². The largest absolute Gasteiger partial charge is 0.321 e. The number of benzene rings is 3. The molecule has 0 aliphatic heterocycles. The standard InChI is InChI=1S/C23H20N2O4/c26-22(12-6-9-17-7-2-1-3-8-17)20-10-4-5-11-21(20)24-23(27)18-13-15-19(16-14-18)25(28)29/h1-5,7-8,10-11,13-16H,6,9,12H2,(H,24,27). The molecule has 3 rings (SSSR count). The molecule has 146 valence electrons. The van der Waals surface area contributed by atoms with Gasteiger partial charge in [0, 0.05) is 29.7 Å². The van der Waals surface area contributed by atoms with Crippen molar-refractivity contribution in [1.29, 1.82) is 0 Å². The summed E-state index contributed by atoms with van der Waals surface area (Å²) in [4.78, 5) is 35.4. The number of para-hydroxylation sites is 1.